The van der Waals surface area contributed by atoms with Gasteiger partial charge in [-0.25, -0.2) is 0 Å². The zero-order valence-electron chi connectivity index (χ0n) is 14.2. The number of piperidine rings is 1. The minimum absolute atomic E-state index is 0.102. The Morgan fingerprint density at radius 2 is 1.71 bits per heavy atom. The second kappa shape index (κ2) is 6.93. The monoisotopic (exact) mass is 289 g/mol. The second-order valence-corrected chi connectivity index (χ2v) is 6.85. The number of nitrogens with zero attached hydrogens (tertiary/aromatic N) is 1. The van der Waals surface area contributed by atoms with Crippen LogP contribution in [0.1, 0.15) is 56.2 Å². The summed E-state index contributed by atoms with van der Waals surface area (Å²) in [5, 5.41) is 11.0. The summed E-state index contributed by atoms with van der Waals surface area (Å²) in [5.74, 6) is 0. The van der Waals surface area contributed by atoms with Crippen LogP contribution in [0.4, 0.5) is 0 Å². The van der Waals surface area contributed by atoms with E-state index in [1.165, 1.54) is 36.0 Å². The number of aryl methyl sites for hydroxylation is 2. The zero-order valence-corrected chi connectivity index (χ0v) is 14.2. The van der Waals surface area contributed by atoms with Gasteiger partial charge in [0, 0.05) is 12.0 Å². The van der Waals surface area contributed by atoms with Gasteiger partial charge in [0.15, 0.2) is 0 Å². The summed E-state index contributed by atoms with van der Waals surface area (Å²) in [6.07, 6.45) is 5.33. The van der Waals surface area contributed by atoms with Crippen molar-refractivity contribution in [3.63, 3.8) is 0 Å². The Morgan fingerprint density at radius 3 is 2.24 bits per heavy atom. The number of hydrogen-bond acceptors (Lipinski definition) is 2. The van der Waals surface area contributed by atoms with Crippen LogP contribution in [-0.2, 0) is 6.42 Å². The van der Waals surface area contributed by atoms with E-state index in [4.69, 9.17) is 0 Å². The SMILES string of the molecule is CCC(C)(C(O)Cc1c(C)cccc1C)N1CCCCC1. The van der Waals surface area contributed by atoms with Gasteiger partial charge in [0.1, 0.15) is 0 Å². The van der Waals surface area contributed by atoms with Crippen molar-refractivity contribution in [1.82, 2.24) is 4.90 Å². The summed E-state index contributed by atoms with van der Waals surface area (Å²) in [7, 11) is 0. The quantitative estimate of drug-likeness (QED) is 0.889. The molecule has 0 spiro atoms. The van der Waals surface area contributed by atoms with Gasteiger partial charge in [-0.15, -0.1) is 0 Å². The molecule has 1 aromatic carbocycles. The van der Waals surface area contributed by atoms with Crippen molar-refractivity contribution in [2.24, 2.45) is 0 Å². The van der Waals surface area contributed by atoms with Gasteiger partial charge in [0.05, 0.1) is 6.10 Å². The Bertz CT molecular complexity index is 444. The largest absolute Gasteiger partial charge is 0.391 e. The van der Waals surface area contributed by atoms with E-state index in [1.807, 2.05) is 0 Å². The highest BCUT2D eigenvalue weighted by Crippen LogP contribution is 2.30. The van der Waals surface area contributed by atoms with Crippen LogP contribution in [0.15, 0.2) is 18.2 Å². The van der Waals surface area contributed by atoms with E-state index in [2.05, 4.69) is 50.8 Å². The normalized spacial score (nSPS) is 21.0. The van der Waals surface area contributed by atoms with Gasteiger partial charge in [-0.05, 0) is 69.8 Å². The van der Waals surface area contributed by atoms with E-state index in [0.717, 1.165) is 25.9 Å². The molecule has 2 heteroatoms. The minimum atomic E-state index is -0.305. The molecule has 0 radical (unpaired) electrons. The molecule has 1 N–H and O–H groups in total. The topological polar surface area (TPSA) is 23.5 Å². The number of likely N-dealkylation sites (tertiary alicyclic amines) is 1. The third-order valence-corrected chi connectivity index (χ3v) is 5.55. The first-order valence-electron chi connectivity index (χ1n) is 8.47. The van der Waals surface area contributed by atoms with Gasteiger partial charge in [-0.3, -0.25) is 4.90 Å². The second-order valence-electron chi connectivity index (χ2n) is 6.85. The Morgan fingerprint density at radius 1 is 1.14 bits per heavy atom. The summed E-state index contributed by atoms with van der Waals surface area (Å²) < 4.78 is 0. The van der Waals surface area contributed by atoms with Crippen molar-refractivity contribution >= 4 is 0 Å². The van der Waals surface area contributed by atoms with Gasteiger partial charge in [0.2, 0.25) is 0 Å². The summed E-state index contributed by atoms with van der Waals surface area (Å²) in [6, 6.07) is 6.41. The zero-order chi connectivity index (χ0) is 15.5. The molecule has 1 heterocycles. The van der Waals surface area contributed by atoms with E-state index in [-0.39, 0.29) is 11.6 Å². The highest BCUT2D eigenvalue weighted by atomic mass is 16.3. The lowest BCUT2D eigenvalue weighted by Crippen LogP contribution is -2.56. The molecule has 0 bridgehead atoms. The maximum Gasteiger partial charge on any atom is 0.0761 e. The third kappa shape index (κ3) is 3.49. The van der Waals surface area contributed by atoms with E-state index in [0.29, 0.717) is 0 Å². The first kappa shape index (κ1) is 16.5. The summed E-state index contributed by atoms with van der Waals surface area (Å²) in [6.45, 7) is 11.0. The van der Waals surface area contributed by atoms with Gasteiger partial charge >= 0.3 is 0 Å². The van der Waals surface area contributed by atoms with Crippen LogP contribution in [0.5, 0.6) is 0 Å². The Kier molecular flexibility index (Phi) is 5.45. The molecule has 2 unspecified atom stereocenters. The van der Waals surface area contributed by atoms with E-state index in [9.17, 15) is 5.11 Å². The van der Waals surface area contributed by atoms with Crippen molar-refractivity contribution in [2.75, 3.05) is 13.1 Å². The first-order chi connectivity index (χ1) is 9.99. The maximum absolute atomic E-state index is 11.0. The molecule has 2 atom stereocenters. The molecule has 2 nitrogen and oxygen atoms in total. The molecule has 0 saturated carbocycles. The van der Waals surface area contributed by atoms with Gasteiger partial charge in [-0.1, -0.05) is 31.5 Å². The number of aliphatic hydroxyl groups is 1. The molecule has 1 saturated heterocycles. The van der Waals surface area contributed by atoms with Crippen LogP contribution in [0.3, 0.4) is 0 Å². The molecule has 21 heavy (non-hydrogen) atoms. The number of rotatable bonds is 5. The summed E-state index contributed by atoms with van der Waals surface area (Å²) in [4.78, 5) is 2.52. The Labute approximate surface area is 130 Å². The highest BCUT2D eigenvalue weighted by Gasteiger charge is 2.38. The predicted molar refractivity (Wildman–Crippen MR) is 89.7 cm³/mol. The van der Waals surface area contributed by atoms with Crippen molar-refractivity contribution in [1.29, 1.82) is 0 Å². The fourth-order valence-electron chi connectivity index (χ4n) is 3.66. The average Bonchev–Trinajstić information content (AvgIpc) is 2.51. The van der Waals surface area contributed by atoms with Crippen molar-refractivity contribution in [2.45, 2.75) is 71.4 Å². The molecule has 2 rings (SSSR count). The van der Waals surface area contributed by atoms with Gasteiger partial charge in [0.25, 0.3) is 0 Å². The van der Waals surface area contributed by atoms with E-state index < -0.39 is 0 Å². The summed E-state index contributed by atoms with van der Waals surface area (Å²) in [5.41, 5.74) is 3.81. The van der Waals surface area contributed by atoms with Crippen LogP contribution < -0.4 is 0 Å². The summed E-state index contributed by atoms with van der Waals surface area (Å²) >= 11 is 0. The molecule has 1 aliphatic rings. The van der Waals surface area contributed by atoms with E-state index in [1.54, 1.807) is 0 Å². The molecular weight excluding hydrogens is 258 g/mol. The molecule has 0 aromatic heterocycles. The van der Waals surface area contributed by atoms with Crippen LogP contribution >= 0.6 is 0 Å². The highest BCUT2D eigenvalue weighted by molar-refractivity contribution is 5.34. The molecule has 0 aliphatic carbocycles. The fourth-order valence-corrected chi connectivity index (χ4v) is 3.66. The Balaban J connectivity index is 2.17. The molecular formula is C19H31NO. The third-order valence-electron chi connectivity index (χ3n) is 5.55. The van der Waals surface area contributed by atoms with Crippen LogP contribution in [0.2, 0.25) is 0 Å². The molecule has 118 valence electrons. The van der Waals surface area contributed by atoms with Gasteiger partial charge in [-0.2, -0.15) is 0 Å². The lowest BCUT2D eigenvalue weighted by Gasteiger charge is -2.46. The molecule has 1 aliphatic heterocycles. The average molecular weight is 289 g/mol. The van der Waals surface area contributed by atoms with Gasteiger partial charge < -0.3 is 5.11 Å². The molecule has 0 amide bonds. The number of hydrogen-bond donors (Lipinski definition) is 1. The lowest BCUT2D eigenvalue weighted by molar-refractivity contribution is -0.0329. The number of aliphatic hydroxyl groups excluding tert-OH is 1. The molecule has 1 aromatic rings. The Hall–Kier alpha value is -0.860. The standard InChI is InChI=1S/C19H31NO/c1-5-19(4,20-12-7-6-8-13-20)18(21)14-17-15(2)10-9-11-16(17)3/h9-11,18,21H,5-8,12-14H2,1-4H3. The minimum Gasteiger partial charge on any atom is -0.391 e. The predicted octanol–water partition coefficient (Wildman–Crippen LogP) is 3.86. The van der Waals surface area contributed by atoms with Crippen molar-refractivity contribution in [3.05, 3.63) is 34.9 Å². The molecule has 1 fully saturated rings. The van der Waals surface area contributed by atoms with Crippen LogP contribution in [0, 0.1) is 13.8 Å². The number of benzene rings is 1. The maximum atomic E-state index is 11.0. The van der Waals surface area contributed by atoms with Crippen molar-refractivity contribution < 1.29 is 5.11 Å². The van der Waals surface area contributed by atoms with E-state index >= 15 is 0 Å². The van der Waals surface area contributed by atoms with Crippen molar-refractivity contribution in [3.8, 4) is 0 Å². The van der Waals surface area contributed by atoms with Crippen LogP contribution in [-0.4, -0.2) is 34.7 Å². The lowest BCUT2D eigenvalue weighted by atomic mass is 9.83. The smallest absolute Gasteiger partial charge is 0.0761 e. The first-order valence-corrected chi connectivity index (χ1v) is 8.47. The van der Waals surface area contributed by atoms with Crippen LogP contribution in [0.25, 0.3) is 0 Å². The fraction of sp³-hybridized carbons (Fsp3) is 0.684.